The van der Waals surface area contributed by atoms with Gasteiger partial charge in [-0.1, -0.05) is 13.8 Å². The molecule has 3 N–H and O–H groups in total. The van der Waals surface area contributed by atoms with Crippen molar-refractivity contribution in [3.63, 3.8) is 0 Å². The maximum Gasteiger partial charge on any atom is 0.313 e. The lowest BCUT2D eigenvalue weighted by Crippen LogP contribution is -2.68. The molecule has 2 heterocycles. The van der Waals surface area contributed by atoms with E-state index in [0.717, 1.165) is 0 Å². The Balaban J connectivity index is 1.85. The molecule has 0 amide bonds. The fourth-order valence-electron chi connectivity index (χ4n) is 6.47. The summed E-state index contributed by atoms with van der Waals surface area (Å²) >= 11 is 0. The molecular formula is C20H28O6. The second-order valence-electron chi connectivity index (χ2n) is 8.99. The van der Waals surface area contributed by atoms with E-state index in [4.69, 9.17) is 9.15 Å². The van der Waals surface area contributed by atoms with Gasteiger partial charge < -0.3 is 24.5 Å². The molecule has 0 radical (unpaired) electrons. The summed E-state index contributed by atoms with van der Waals surface area (Å²) in [5, 5.41) is 32.4. The molecular weight excluding hydrogens is 336 g/mol. The van der Waals surface area contributed by atoms with Gasteiger partial charge in [0.15, 0.2) is 0 Å². The van der Waals surface area contributed by atoms with Crippen LogP contribution in [0, 0.1) is 22.2 Å². The molecule has 6 nitrogen and oxygen atoms in total. The van der Waals surface area contributed by atoms with E-state index in [-0.39, 0.29) is 24.9 Å². The van der Waals surface area contributed by atoms with Gasteiger partial charge in [-0.25, -0.2) is 0 Å². The summed E-state index contributed by atoms with van der Waals surface area (Å²) in [6, 6.07) is 1.70. The van der Waals surface area contributed by atoms with Crippen molar-refractivity contribution >= 4 is 5.97 Å². The van der Waals surface area contributed by atoms with Gasteiger partial charge in [-0.2, -0.15) is 0 Å². The largest absolute Gasteiger partial charge is 0.472 e. The van der Waals surface area contributed by atoms with Crippen LogP contribution in [0.15, 0.2) is 23.0 Å². The molecule has 7 atom stereocenters. The van der Waals surface area contributed by atoms with Gasteiger partial charge in [0.2, 0.25) is 0 Å². The van der Waals surface area contributed by atoms with E-state index in [2.05, 4.69) is 0 Å². The maximum absolute atomic E-state index is 12.8. The molecule has 2 aliphatic carbocycles. The van der Waals surface area contributed by atoms with Crippen LogP contribution in [-0.2, 0) is 9.53 Å². The van der Waals surface area contributed by atoms with E-state index in [1.165, 1.54) is 12.5 Å². The minimum atomic E-state index is -0.984. The number of carbonyl (C=O) groups excluding carboxylic acids is 1. The van der Waals surface area contributed by atoms with Gasteiger partial charge >= 0.3 is 5.97 Å². The Kier molecular flexibility index (Phi) is 3.70. The summed E-state index contributed by atoms with van der Waals surface area (Å²) < 4.78 is 11.1. The van der Waals surface area contributed by atoms with Crippen LogP contribution in [0.4, 0.5) is 0 Å². The number of rotatable bonds is 4. The molecule has 2 saturated carbocycles. The third kappa shape index (κ3) is 1.71. The third-order valence-corrected chi connectivity index (χ3v) is 8.44. The van der Waals surface area contributed by atoms with Crippen molar-refractivity contribution in [1.29, 1.82) is 0 Å². The lowest BCUT2D eigenvalue weighted by Gasteiger charge is -2.61. The number of ether oxygens (including phenoxy) is 1. The molecule has 0 aromatic carbocycles. The predicted molar refractivity (Wildman–Crippen MR) is 91.9 cm³/mol. The minimum absolute atomic E-state index is 0.120. The number of esters is 1. The number of aliphatic hydroxyl groups is 3. The van der Waals surface area contributed by atoms with Crippen molar-refractivity contribution in [2.75, 3.05) is 6.61 Å². The molecule has 26 heavy (non-hydrogen) atoms. The molecule has 6 heteroatoms. The Morgan fingerprint density at radius 1 is 1.35 bits per heavy atom. The van der Waals surface area contributed by atoms with Crippen molar-refractivity contribution in [1.82, 2.24) is 0 Å². The van der Waals surface area contributed by atoms with Crippen molar-refractivity contribution in [3.8, 4) is 0 Å². The second-order valence-corrected chi connectivity index (χ2v) is 8.99. The number of hydrogen-bond acceptors (Lipinski definition) is 6. The van der Waals surface area contributed by atoms with Crippen LogP contribution in [0.1, 0.15) is 58.1 Å². The van der Waals surface area contributed by atoms with E-state index in [1.54, 1.807) is 6.07 Å². The zero-order valence-corrected chi connectivity index (χ0v) is 15.6. The van der Waals surface area contributed by atoms with Gasteiger partial charge in [0.1, 0.15) is 5.60 Å². The molecule has 4 rings (SSSR count). The van der Waals surface area contributed by atoms with Gasteiger partial charge in [-0.15, -0.1) is 0 Å². The van der Waals surface area contributed by atoms with Crippen LogP contribution in [-0.4, -0.2) is 39.6 Å². The highest BCUT2D eigenvalue weighted by Crippen LogP contribution is 2.76. The topological polar surface area (TPSA) is 100 Å². The summed E-state index contributed by atoms with van der Waals surface area (Å²) in [6.45, 7) is 5.56. The van der Waals surface area contributed by atoms with Crippen LogP contribution in [0.2, 0.25) is 0 Å². The molecule has 1 aliphatic heterocycles. The van der Waals surface area contributed by atoms with Crippen LogP contribution in [0.3, 0.4) is 0 Å². The standard InChI is InChI=1S/C20H28O6/c1-12-8-15(23)18(3)17(2)5-6-20(18,26-16(17)24)19(12,11-21)9-14(22)13-4-7-25-10-13/h4,7,10,12,14-15,21-23H,5-6,8-9,11H2,1-3H3/t12-,14-,15-,17+,18-,19-,20+/m1/s1. The van der Waals surface area contributed by atoms with E-state index in [9.17, 15) is 20.1 Å². The zero-order chi connectivity index (χ0) is 19.0. The fraction of sp³-hybridized carbons (Fsp3) is 0.750. The molecule has 3 aliphatic rings. The highest BCUT2D eigenvalue weighted by Gasteiger charge is 2.84. The smallest absolute Gasteiger partial charge is 0.313 e. The van der Waals surface area contributed by atoms with Crippen LogP contribution in [0.25, 0.3) is 0 Å². The molecule has 2 bridgehead atoms. The van der Waals surface area contributed by atoms with Crippen molar-refractivity contribution < 1.29 is 29.3 Å². The molecule has 3 fully saturated rings. The summed E-state index contributed by atoms with van der Waals surface area (Å²) in [7, 11) is 0. The Bertz CT molecular complexity index is 716. The van der Waals surface area contributed by atoms with Crippen LogP contribution in [0.5, 0.6) is 0 Å². The average molecular weight is 364 g/mol. The highest BCUT2D eigenvalue weighted by molar-refractivity contribution is 5.83. The summed E-state index contributed by atoms with van der Waals surface area (Å²) in [4.78, 5) is 12.8. The predicted octanol–water partition coefficient (Wildman–Crippen LogP) is 2.18. The molecule has 0 unspecified atom stereocenters. The van der Waals surface area contributed by atoms with Crippen molar-refractivity contribution in [2.24, 2.45) is 22.2 Å². The second kappa shape index (κ2) is 5.33. The maximum atomic E-state index is 12.8. The van der Waals surface area contributed by atoms with E-state index >= 15 is 0 Å². The first kappa shape index (κ1) is 18.0. The van der Waals surface area contributed by atoms with E-state index in [1.807, 2.05) is 20.8 Å². The molecule has 1 aromatic rings. The minimum Gasteiger partial charge on any atom is -0.472 e. The molecule has 1 aromatic heterocycles. The number of furan rings is 1. The van der Waals surface area contributed by atoms with E-state index in [0.29, 0.717) is 24.8 Å². The van der Waals surface area contributed by atoms with Gasteiger partial charge in [-0.05, 0) is 44.6 Å². The molecule has 1 saturated heterocycles. The summed E-state index contributed by atoms with van der Waals surface area (Å²) in [5.74, 6) is -0.416. The van der Waals surface area contributed by atoms with E-state index < -0.39 is 34.1 Å². The van der Waals surface area contributed by atoms with Gasteiger partial charge in [0.05, 0.1) is 36.8 Å². The van der Waals surface area contributed by atoms with Gasteiger partial charge in [-0.3, -0.25) is 4.79 Å². The Morgan fingerprint density at radius 3 is 2.65 bits per heavy atom. The average Bonchev–Trinajstić information content (AvgIpc) is 3.25. The lowest BCUT2D eigenvalue weighted by molar-refractivity contribution is -0.248. The van der Waals surface area contributed by atoms with Gasteiger partial charge in [0.25, 0.3) is 0 Å². The van der Waals surface area contributed by atoms with Crippen LogP contribution < -0.4 is 0 Å². The fourth-order valence-corrected chi connectivity index (χ4v) is 6.47. The number of aliphatic hydroxyl groups excluding tert-OH is 3. The molecule has 0 spiro atoms. The van der Waals surface area contributed by atoms with Crippen molar-refractivity contribution in [3.05, 3.63) is 24.2 Å². The third-order valence-electron chi connectivity index (χ3n) is 8.44. The molecule has 144 valence electrons. The Morgan fingerprint density at radius 2 is 2.08 bits per heavy atom. The summed E-state index contributed by atoms with van der Waals surface area (Å²) in [5.41, 5.74) is -2.74. The highest BCUT2D eigenvalue weighted by atomic mass is 16.6. The number of hydrogen-bond donors (Lipinski definition) is 3. The van der Waals surface area contributed by atoms with Gasteiger partial charge in [0, 0.05) is 16.4 Å². The van der Waals surface area contributed by atoms with Crippen molar-refractivity contribution in [2.45, 2.75) is 64.3 Å². The lowest BCUT2D eigenvalue weighted by atomic mass is 9.45. The summed E-state index contributed by atoms with van der Waals surface area (Å²) in [6.07, 6.45) is 3.38. The first-order valence-corrected chi connectivity index (χ1v) is 9.41. The Hall–Kier alpha value is -1.37. The monoisotopic (exact) mass is 364 g/mol. The quantitative estimate of drug-likeness (QED) is 0.708. The zero-order valence-electron chi connectivity index (χ0n) is 15.6. The SMILES string of the molecule is C[C@@H]1C[C@@H](O)[C@@]2(C)[C@@]3(CC[C@@]2(C)C(=O)O3)[C@@]1(CO)C[C@@H](O)c1ccoc1. The first-order valence-electron chi connectivity index (χ1n) is 9.41. The van der Waals surface area contributed by atoms with Crippen LogP contribution >= 0.6 is 0 Å². The number of carbonyl (C=O) groups is 1. The Labute approximate surface area is 153 Å². The first-order chi connectivity index (χ1) is 12.2. The normalized spacial score (nSPS) is 48.3.